The van der Waals surface area contributed by atoms with Crippen LogP contribution in [0.5, 0.6) is 0 Å². The fraction of sp³-hybridized carbons (Fsp3) is 0.364. The predicted octanol–water partition coefficient (Wildman–Crippen LogP) is 0.204. The zero-order valence-electron chi connectivity index (χ0n) is 18.4. The number of piperazine rings is 1. The second-order valence-corrected chi connectivity index (χ2v) is 9.45. The lowest BCUT2D eigenvalue weighted by atomic mass is 10.1. The van der Waals surface area contributed by atoms with Gasteiger partial charge >= 0.3 is 5.97 Å². The first-order valence-electron chi connectivity index (χ1n) is 10.3. The number of carbonyl (C=O) groups is 3. The van der Waals surface area contributed by atoms with Crippen molar-refractivity contribution in [2.24, 2.45) is 0 Å². The maximum atomic E-state index is 13.3. The second-order valence-electron chi connectivity index (χ2n) is 7.56. The molecule has 10 nitrogen and oxygen atoms in total. The summed E-state index contributed by atoms with van der Waals surface area (Å²) >= 11 is 0. The van der Waals surface area contributed by atoms with Gasteiger partial charge in [-0.25, -0.2) is 13.2 Å². The number of aromatic nitrogens is 1. The molecule has 0 saturated carbocycles. The predicted molar refractivity (Wildman–Crippen MR) is 118 cm³/mol. The minimum atomic E-state index is -4.02. The SMILES string of the molecule is COC(=O)[C@@H](Cc1cccnc1)NC(=O)[C@H]1CN(C(C)=O)CCN1S(=O)(=O)c1ccccc1. The lowest BCUT2D eigenvalue weighted by Gasteiger charge is -2.39. The molecule has 1 aliphatic rings. The number of nitrogens with zero attached hydrogens (tertiary/aromatic N) is 3. The van der Waals surface area contributed by atoms with Crippen molar-refractivity contribution < 1.29 is 27.5 Å². The highest BCUT2D eigenvalue weighted by Gasteiger charge is 2.41. The monoisotopic (exact) mass is 474 g/mol. The number of pyridine rings is 1. The number of sulfonamides is 1. The van der Waals surface area contributed by atoms with E-state index < -0.39 is 34.0 Å². The Balaban J connectivity index is 1.89. The van der Waals surface area contributed by atoms with Crippen molar-refractivity contribution in [1.29, 1.82) is 0 Å². The highest BCUT2D eigenvalue weighted by Crippen LogP contribution is 2.22. The summed E-state index contributed by atoms with van der Waals surface area (Å²) in [5.74, 6) is -1.65. The minimum absolute atomic E-state index is 0.0407. The van der Waals surface area contributed by atoms with Crippen molar-refractivity contribution in [3.8, 4) is 0 Å². The lowest BCUT2D eigenvalue weighted by Crippen LogP contribution is -2.62. The van der Waals surface area contributed by atoms with Crippen molar-refractivity contribution in [1.82, 2.24) is 19.5 Å². The minimum Gasteiger partial charge on any atom is -0.467 e. The Morgan fingerprint density at radius 3 is 2.48 bits per heavy atom. The Hall–Kier alpha value is -3.31. The van der Waals surface area contributed by atoms with Gasteiger partial charge in [0.05, 0.1) is 12.0 Å². The number of ether oxygens (including phenoxy) is 1. The molecule has 0 spiro atoms. The van der Waals surface area contributed by atoms with Crippen LogP contribution in [0.4, 0.5) is 0 Å². The number of hydrogen-bond acceptors (Lipinski definition) is 7. The number of nitrogens with one attached hydrogen (secondary N) is 1. The molecular formula is C22H26N4O6S. The Bertz CT molecular complexity index is 1090. The number of carbonyl (C=O) groups excluding carboxylic acids is 3. The Morgan fingerprint density at radius 1 is 1.15 bits per heavy atom. The smallest absolute Gasteiger partial charge is 0.328 e. The number of benzene rings is 1. The van der Waals surface area contributed by atoms with Crippen LogP contribution in [0.1, 0.15) is 12.5 Å². The third-order valence-electron chi connectivity index (χ3n) is 5.39. The Kier molecular flexibility index (Phi) is 7.77. The third-order valence-corrected chi connectivity index (χ3v) is 7.32. The molecule has 1 saturated heterocycles. The molecule has 1 N–H and O–H groups in total. The van der Waals surface area contributed by atoms with E-state index in [0.29, 0.717) is 5.56 Å². The van der Waals surface area contributed by atoms with E-state index in [4.69, 9.17) is 4.74 Å². The van der Waals surface area contributed by atoms with Gasteiger partial charge in [0.2, 0.25) is 21.8 Å². The second kappa shape index (κ2) is 10.5. The van der Waals surface area contributed by atoms with Crippen molar-refractivity contribution in [3.63, 3.8) is 0 Å². The largest absolute Gasteiger partial charge is 0.467 e. The normalized spacial score (nSPS) is 17.8. The first-order chi connectivity index (χ1) is 15.7. The first-order valence-corrected chi connectivity index (χ1v) is 11.8. The molecule has 1 aromatic heterocycles. The van der Waals surface area contributed by atoms with Crippen LogP contribution < -0.4 is 5.32 Å². The molecular weight excluding hydrogens is 448 g/mol. The number of rotatable bonds is 7. The van der Waals surface area contributed by atoms with E-state index in [1.54, 1.807) is 42.7 Å². The van der Waals surface area contributed by atoms with Gasteiger partial charge < -0.3 is 15.0 Å². The average molecular weight is 475 g/mol. The van der Waals surface area contributed by atoms with Crippen LogP contribution >= 0.6 is 0 Å². The molecule has 0 radical (unpaired) electrons. The molecule has 1 aliphatic heterocycles. The van der Waals surface area contributed by atoms with E-state index >= 15 is 0 Å². The molecule has 2 aromatic rings. The zero-order chi connectivity index (χ0) is 24.0. The van der Waals surface area contributed by atoms with Crippen LogP contribution in [0, 0.1) is 0 Å². The number of amides is 2. The average Bonchev–Trinajstić information content (AvgIpc) is 2.83. The Morgan fingerprint density at radius 2 is 1.88 bits per heavy atom. The topological polar surface area (TPSA) is 126 Å². The summed E-state index contributed by atoms with van der Waals surface area (Å²) in [5.41, 5.74) is 0.691. The van der Waals surface area contributed by atoms with Crippen LogP contribution in [-0.4, -0.2) is 79.2 Å². The molecule has 33 heavy (non-hydrogen) atoms. The molecule has 2 amide bonds. The molecule has 2 heterocycles. The van der Waals surface area contributed by atoms with Gasteiger partial charge in [0.15, 0.2) is 0 Å². The fourth-order valence-electron chi connectivity index (χ4n) is 3.64. The van der Waals surface area contributed by atoms with E-state index in [-0.39, 0.29) is 36.9 Å². The van der Waals surface area contributed by atoms with Gasteiger partial charge in [-0.2, -0.15) is 4.31 Å². The molecule has 1 fully saturated rings. The first kappa shape index (κ1) is 24.3. The van der Waals surface area contributed by atoms with E-state index in [0.717, 1.165) is 4.31 Å². The summed E-state index contributed by atoms with van der Waals surface area (Å²) < 4.78 is 32.5. The van der Waals surface area contributed by atoms with Crippen LogP contribution in [0.3, 0.4) is 0 Å². The van der Waals surface area contributed by atoms with Gasteiger partial charge in [0.1, 0.15) is 12.1 Å². The molecule has 0 aliphatic carbocycles. The van der Waals surface area contributed by atoms with E-state index in [2.05, 4.69) is 10.3 Å². The van der Waals surface area contributed by atoms with Gasteiger partial charge in [-0.1, -0.05) is 24.3 Å². The summed E-state index contributed by atoms with van der Waals surface area (Å²) in [6.07, 6.45) is 3.26. The van der Waals surface area contributed by atoms with Crippen molar-refractivity contribution in [2.75, 3.05) is 26.7 Å². The number of hydrogen-bond donors (Lipinski definition) is 1. The van der Waals surface area contributed by atoms with Crippen molar-refractivity contribution >= 4 is 27.8 Å². The summed E-state index contributed by atoms with van der Waals surface area (Å²) in [7, 11) is -2.81. The highest BCUT2D eigenvalue weighted by molar-refractivity contribution is 7.89. The Labute approximate surface area is 192 Å². The van der Waals surface area contributed by atoms with Gasteiger partial charge in [-0.05, 0) is 23.8 Å². The summed E-state index contributed by atoms with van der Waals surface area (Å²) in [5, 5.41) is 2.61. The van der Waals surface area contributed by atoms with E-state index in [9.17, 15) is 22.8 Å². The molecule has 2 atom stereocenters. The van der Waals surface area contributed by atoms with Gasteiger partial charge in [0, 0.05) is 45.4 Å². The summed E-state index contributed by atoms with van der Waals surface area (Å²) in [6.45, 7) is 1.33. The number of esters is 1. The standard InChI is InChI=1S/C22H26N4O6S/c1-16(27)25-11-12-26(33(30,31)18-8-4-3-5-9-18)20(15-25)21(28)24-19(22(29)32-2)13-17-7-6-10-23-14-17/h3-10,14,19-20H,11-13,15H2,1-2H3,(H,24,28)/t19-,20-/m1/s1. The van der Waals surface area contributed by atoms with Crippen LogP contribution in [0.2, 0.25) is 0 Å². The molecule has 176 valence electrons. The summed E-state index contributed by atoms with van der Waals surface area (Å²) in [6, 6.07) is 8.95. The lowest BCUT2D eigenvalue weighted by molar-refractivity contribution is -0.146. The van der Waals surface area contributed by atoms with E-state index in [1.807, 2.05) is 0 Å². The number of methoxy groups -OCH3 is 1. The molecule has 0 bridgehead atoms. The van der Waals surface area contributed by atoms with Crippen molar-refractivity contribution in [2.45, 2.75) is 30.3 Å². The summed E-state index contributed by atoms with van der Waals surface area (Å²) in [4.78, 5) is 43.1. The maximum absolute atomic E-state index is 13.3. The quantitative estimate of drug-likeness (QED) is 0.568. The van der Waals surface area contributed by atoms with Crippen LogP contribution in [0.15, 0.2) is 59.8 Å². The fourth-order valence-corrected chi connectivity index (χ4v) is 5.23. The highest BCUT2D eigenvalue weighted by atomic mass is 32.2. The molecule has 11 heteroatoms. The van der Waals surface area contributed by atoms with Gasteiger partial charge in [-0.3, -0.25) is 14.6 Å². The maximum Gasteiger partial charge on any atom is 0.328 e. The third kappa shape index (κ3) is 5.74. The van der Waals surface area contributed by atoms with Crippen LogP contribution in [-0.2, 0) is 35.6 Å². The zero-order valence-corrected chi connectivity index (χ0v) is 19.2. The van der Waals surface area contributed by atoms with Crippen molar-refractivity contribution in [3.05, 3.63) is 60.4 Å². The molecule has 0 unspecified atom stereocenters. The van der Waals surface area contributed by atoms with E-state index in [1.165, 1.54) is 31.1 Å². The van der Waals surface area contributed by atoms with Crippen LogP contribution in [0.25, 0.3) is 0 Å². The van der Waals surface area contributed by atoms with Gasteiger partial charge in [0.25, 0.3) is 0 Å². The van der Waals surface area contributed by atoms with Gasteiger partial charge in [-0.15, -0.1) is 0 Å². The molecule has 1 aromatic carbocycles. The molecule has 3 rings (SSSR count).